The molecule has 0 aliphatic rings. The van der Waals surface area contributed by atoms with Crippen LogP contribution in [0.25, 0.3) is 11.3 Å². The van der Waals surface area contributed by atoms with Crippen molar-refractivity contribution in [1.82, 2.24) is 4.98 Å². The van der Waals surface area contributed by atoms with E-state index >= 15 is 0 Å². The van der Waals surface area contributed by atoms with Gasteiger partial charge in [-0.3, -0.25) is 0 Å². The summed E-state index contributed by atoms with van der Waals surface area (Å²) in [4.78, 5) is 3.37. The van der Waals surface area contributed by atoms with Gasteiger partial charge in [0, 0.05) is 0 Å². The predicted molar refractivity (Wildman–Crippen MR) is 116 cm³/mol. The molecule has 0 bridgehead atoms. The van der Waals surface area contributed by atoms with E-state index in [1.807, 2.05) is 6.20 Å². The van der Waals surface area contributed by atoms with E-state index in [0.717, 1.165) is 6.16 Å². The van der Waals surface area contributed by atoms with E-state index in [-0.39, 0.29) is 0 Å². The summed E-state index contributed by atoms with van der Waals surface area (Å²) in [7, 11) is -1.90. The van der Waals surface area contributed by atoms with Gasteiger partial charge in [0.1, 0.15) is 0 Å². The van der Waals surface area contributed by atoms with Crippen LogP contribution < -0.4 is 10.6 Å². The number of hydrogen-bond donors (Lipinski definition) is 1. The number of nitrogens with one attached hydrogen (secondary N) is 1. The molecule has 0 aliphatic heterocycles. The van der Waals surface area contributed by atoms with Crippen molar-refractivity contribution >= 4 is 17.9 Å². The molecule has 1 aromatic heterocycles. The summed E-state index contributed by atoms with van der Waals surface area (Å²) in [6.45, 7) is 2.49. The first-order valence-electron chi connectivity index (χ1n) is 9.10. The monoisotopic (exact) mass is 357 g/mol. The summed E-state index contributed by atoms with van der Waals surface area (Å²) in [5.41, 5.74) is 3.91. The van der Waals surface area contributed by atoms with Gasteiger partial charge in [-0.1, -0.05) is 0 Å². The van der Waals surface area contributed by atoms with Crippen LogP contribution >= 0.6 is 7.26 Å². The molecule has 0 aliphatic carbocycles. The van der Waals surface area contributed by atoms with Gasteiger partial charge in [0.2, 0.25) is 0 Å². The summed E-state index contributed by atoms with van der Waals surface area (Å²) in [6, 6.07) is 35.1. The van der Waals surface area contributed by atoms with Crippen LogP contribution in [0.2, 0.25) is 0 Å². The molecule has 130 valence electrons. The fourth-order valence-electron chi connectivity index (χ4n) is 3.80. The van der Waals surface area contributed by atoms with Crippen molar-refractivity contribution in [2.24, 2.45) is 0 Å². The molecule has 26 heavy (non-hydrogen) atoms. The van der Waals surface area contributed by atoms with Crippen molar-refractivity contribution in [2.75, 3.05) is 6.66 Å². The molecule has 4 rings (SSSR count). The van der Waals surface area contributed by atoms with E-state index in [1.165, 1.54) is 27.4 Å². The average molecular weight is 357 g/mol. The van der Waals surface area contributed by atoms with Crippen molar-refractivity contribution in [1.29, 1.82) is 0 Å². The Morgan fingerprint density at radius 1 is 0.654 bits per heavy atom. The van der Waals surface area contributed by atoms with Crippen LogP contribution in [-0.4, -0.2) is 11.6 Å². The second kappa shape index (κ2) is 7.32. The zero-order valence-corrected chi connectivity index (χ0v) is 16.0. The Morgan fingerprint density at radius 2 is 1.23 bits per heavy atom. The second-order valence-corrected chi connectivity index (χ2v) is 11.2. The minimum absolute atomic E-state index is 1.08. The zero-order chi connectivity index (χ0) is 17.8. The van der Waals surface area contributed by atoms with Crippen molar-refractivity contribution < 1.29 is 0 Å². The van der Waals surface area contributed by atoms with Gasteiger partial charge in [-0.25, -0.2) is 0 Å². The van der Waals surface area contributed by atoms with Gasteiger partial charge in [0.05, 0.1) is 0 Å². The Balaban J connectivity index is 1.83. The average Bonchev–Trinajstić information content (AvgIpc) is 3.24. The molecule has 0 saturated heterocycles. The van der Waals surface area contributed by atoms with E-state index < -0.39 is 7.26 Å². The van der Waals surface area contributed by atoms with Gasteiger partial charge in [-0.2, -0.15) is 0 Å². The molecular formula is C24H24NP. The molecule has 1 N–H and O–H groups in total. The first kappa shape index (κ1) is 16.8. The Kier molecular flexibility index (Phi) is 4.73. The van der Waals surface area contributed by atoms with E-state index in [2.05, 4.69) is 109 Å². The van der Waals surface area contributed by atoms with Crippen LogP contribution in [0, 0.1) is 0 Å². The van der Waals surface area contributed by atoms with Crippen LogP contribution in [0.3, 0.4) is 0 Å². The molecule has 4 aromatic rings. The maximum atomic E-state index is 3.37. The Labute approximate surface area is 156 Å². The molecule has 0 fully saturated rings. The van der Waals surface area contributed by atoms with E-state index in [9.17, 15) is 0 Å². The molecular weight excluding hydrogens is 333 g/mol. The topological polar surface area (TPSA) is 15.8 Å². The first-order chi connectivity index (χ1) is 12.8. The van der Waals surface area contributed by atoms with Crippen LogP contribution in [0.1, 0.15) is 5.56 Å². The molecule has 1 nitrogen and oxygen atoms in total. The molecule has 0 radical (unpaired) electrons. The fourth-order valence-corrected chi connectivity index (χ4v) is 7.47. The summed E-state index contributed by atoms with van der Waals surface area (Å²) < 4.78 is 0. The summed E-state index contributed by atoms with van der Waals surface area (Å²) in [5, 5.41) is 2.96. The van der Waals surface area contributed by atoms with Gasteiger partial charge in [0.25, 0.3) is 0 Å². The number of aromatic nitrogens is 1. The molecule has 2 heteroatoms. The minimum atomic E-state index is -1.90. The zero-order valence-electron chi connectivity index (χ0n) is 15.0. The quantitative estimate of drug-likeness (QED) is 0.472. The molecule has 3 aromatic carbocycles. The summed E-state index contributed by atoms with van der Waals surface area (Å²) >= 11 is 0. The Hall–Kier alpha value is -2.63. The maximum absolute atomic E-state index is 3.37. The Bertz CT molecular complexity index is 920. The standard InChI is InChI=1S/C24H24NP/c1-26(21-12-4-2-5-13-21,22-14-6-3-7-15-22)19-20-11-8-9-16-23(20)24-17-10-18-25-24/h2-18,25-26H,19H2,1H3. The van der Waals surface area contributed by atoms with Crippen molar-refractivity contribution in [3.63, 3.8) is 0 Å². The fraction of sp³-hybridized carbons (Fsp3) is 0.0833. The normalized spacial score (nSPS) is 12.0. The van der Waals surface area contributed by atoms with Crippen LogP contribution in [0.4, 0.5) is 0 Å². The van der Waals surface area contributed by atoms with E-state index in [4.69, 9.17) is 0 Å². The van der Waals surface area contributed by atoms with Crippen LogP contribution in [-0.2, 0) is 6.16 Å². The summed E-state index contributed by atoms with van der Waals surface area (Å²) in [6.07, 6.45) is 3.08. The number of benzene rings is 3. The van der Waals surface area contributed by atoms with E-state index in [1.54, 1.807) is 0 Å². The van der Waals surface area contributed by atoms with Crippen molar-refractivity contribution in [3.05, 3.63) is 109 Å². The number of H-pyrrole nitrogens is 1. The third-order valence-corrected chi connectivity index (χ3v) is 9.57. The predicted octanol–water partition coefficient (Wildman–Crippen LogP) is 5.21. The Morgan fingerprint density at radius 3 is 1.81 bits per heavy atom. The third-order valence-electron chi connectivity index (χ3n) is 5.27. The second-order valence-electron chi connectivity index (χ2n) is 6.98. The first-order valence-corrected chi connectivity index (χ1v) is 11.8. The molecule has 1 heterocycles. The molecule has 0 amide bonds. The summed E-state index contributed by atoms with van der Waals surface area (Å²) in [5.74, 6) is 0. The molecule has 0 unspecified atom stereocenters. The molecule has 0 spiro atoms. The molecule has 0 atom stereocenters. The van der Waals surface area contributed by atoms with Crippen LogP contribution in [0.5, 0.6) is 0 Å². The van der Waals surface area contributed by atoms with Gasteiger partial charge < -0.3 is 0 Å². The van der Waals surface area contributed by atoms with Crippen molar-refractivity contribution in [2.45, 2.75) is 6.16 Å². The number of hydrogen-bond acceptors (Lipinski definition) is 0. The van der Waals surface area contributed by atoms with Crippen LogP contribution in [0.15, 0.2) is 103 Å². The van der Waals surface area contributed by atoms with Gasteiger partial charge >= 0.3 is 156 Å². The number of rotatable bonds is 5. The van der Waals surface area contributed by atoms with Crippen molar-refractivity contribution in [3.8, 4) is 11.3 Å². The number of aromatic amines is 1. The third kappa shape index (κ3) is 3.23. The SMILES string of the molecule is C[PH](Cc1ccccc1-c1ccc[nH]1)(c1ccccc1)c1ccccc1. The van der Waals surface area contributed by atoms with Gasteiger partial charge in [-0.15, -0.1) is 0 Å². The van der Waals surface area contributed by atoms with E-state index in [0.29, 0.717) is 0 Å². The molecule has 0 saturated carbocycles. The van der Waals surface area contributed by atoms with Gasteiger partial charge in [-0.05, 0) is 0 Å². The van der Waals surface area contributed by atoms with Gasteiger partial charge in [0.15, 0.2) is 0 Å².